The van der Waals surface area contributed by atoms with Crippen LogP contribution >= 0.6 is 11.8 Å². The van der Waals surface area contributed by atoms with Crippen LogP contribution in [-0.4, -0.2) is 36.1 Å². The lowest BCUT2D eigenvalue weighted by molar-refractivity contribution is 0.0794. The Balaban J connectivity index is 1.82. The van der Waals surface area contributed by atoms with Crippen molar-refractivity contribution in [1.29, 1.82) is 0 Å². The third-order valence-electron chi connectivity index (χ3n) is 4.66. The first-order valence-electron chi connectivity index (χ1n) is 8.88. The number of carbonyl (C=O) groups is 2. The van der Waals surface area contributed by atoms with E-state index >= 15 is 0 Å². The second-order valence-electron chi connectivity index (χ2n) is 6.58. The highest BCUT2D eigenvalue weighted by atomic mass is 32.2. The smallest absolute Gasteiger partial charge is 0.255 e. The summed E-state index contributed by atoms with van der Waals surface area (Å²) >= 11 is 1.75. The van der Waals surface area contributed by atoms with Gasteiger partial charge in [-0.25, -0.2) is 0 Å². The van der Waals surface area contributed by atoms with Gasteiger partial charge in [-0.2, -0.15) is 11.8 Å². The fourth-order valence-corrected chi connectivity index (χ4v) is 3.73. The van der Waals surface area contributed by atoms with Gasteiger partial charge in [0, 0.05) is 24.4 Å². The molecule has 1 heterocycles. The summed E-state index contributed by atoms with van der Waals surface area (Å²) in [5.41, 5.74) is 3.86. The highest BCUT2D eigenvalue weighted by Gasteiger charge is 2.23. The Labute approximate surface area is 159 Å². The summed E-state index contributed by atoms with van der Waals surface area (Å²) < 4.78 is 0. The number of para-hydroxylation sites is 1. The van der Waals surface area contributed by atoms with Crippen LogP contribution in [0.1, 0.15) is 44.7 Å². The summed E-state index contributed by atoms with van der Waals surface area (Å²) in [7, 11) is 0. The average molecular weight is 369 g/mol. The van der Waals surface area contributed by atoms with E-state index in [1.54, 1.807) is 17.8 Å². The molecule has 0 atom stereocenters. The van der Waals surface area contributed by atoms with Gasteiger partial charge in [0.25, 0.3) is 11.8 Å². The number of carbonyl (C=O) groups excluding carboxylic acids is 2. The molecule has 1 N–H and O–H groups in total. The molecule has 1 aliphatic rings. The molecule has 26 heavy (non-hydrogen) atoms. The van der Waals surface area contributed by atoms with Crippen molar-refractivity contribution in [3.05, 3.63) is 64.7 Å². The van der Waals surface area contributed by atoms with Gasteiger partial charge in [-0.1, -0.05) is 24.3 Å². The highest BCUT2D eigenvalue weighted by molar-refractivity contribution is 7.97. The second-order valence-corrected chi connectivity index (χ2v) is 7.45. The number of thioether (sulfide) groups is 1. The van der Waals surface area contributed by atoms with Gasteiger partial charge in [0.2, 0.25) is 0 Å². The first kappa shape index (κ1) is 18.5. The van der Waals surface area contributed by atoms with Crippen molar-refractivity contribution >= 4 is 29.3 Å². The highest BCUT2D eigenvalue weighted by Crippen LogP contribution is 2.24. The lowest BCUT2D eigenvalue weighted by atomic mass is 10.1. The van der Waals surface area contributed by atoms with Gasteiger partial charge >= 0.3 is 0 Å². The molecule has 3 rings (SSSR count). The topological polar surface area (TPSA) is 49.4 Å². The molecule has 0 bridgehead atoms. The van der Waals surface area contributed by atoms with Crippen LogP contribution in [0.3, 0.4) is 0 Å². The summed E-state index contributed by atoms with van der Waals surface area (Å²) in [4.78, 5) is 27.4. The summed E-state index contributed by atoms with van der Waals surface area (Å²) in [6.45, 7) is 3.49. The molecule has 1 aliphatic heterocycles. The lowest BCUT2D eigenvalue weighted by Crippen LogP contribution is -2.29. The lowest BCUT2D eigenvalue weighted by Gasteiger charge is -2.19. The van der Waals surface area contributed by atoms with Crippen LogP contribution in [0.5, 0.6) is 0 Å². The van der Waals surface area contributed by atoms with Crippen LogP contribution in [0.25, 0.3) is 0 Å². The Hall–Kier alpha value is -2.27. The number of likely N-dealkylation sites (tertiary alicyclic amines) is 1. The van der Waals surface area contributed by atoms with Gasteiger partial charge in [0.05, 0.1) is 11.3 Å². The molecule has 0 saturated carbocycles. The van der Waals surface area contributed by atoms with E-state index in [0.717, 1.165) is 37.2 Å². The number of benzene rings is 2. The molecular formula is C21H24N2O2S. The van der Waals surface area contributed by atoms with Crippen LogP contribution in [-0.2, 0) is 5.75 Å². The SMILES string of the molecule is CSCc1ccc(C(=O)Nc2c(C)cccc2C(=O)N2CCCC2)cc1. The van der Waals surface area contributed by atoms with E-state index in [2.05, 4.69) is 11.6 Å². The first-order valence-corrected chi connectivity index (χ1v) is 10.3. The van der Waals surface area contributed by atoms with E-state index in [1.807, 2.05) is 48.2 Å². The third-order valence-corrected chi connectivity index (χ3v) is 5.28. The van der Waals surface area contributed by atoms with Crippen molar-refractivity contribution in [2.45, 2.75) is 25.5 Å². The van der Waals surface area contributed by atoms with Gasteiger partial charge < -0.3 is 10.2 Å². The summed E-state index contributed by atoms with van der Waals surface area (Å²) in [5.74, 6) is 0.732. The number of amides is 2. The Bertz CT molecular complexity index is 796. The van der Waals surface area contributed by atoms with Crippen LogP contribution in [0.15, 0.2) is 42.5 Å². The zero-order valence-electron chi connectivity index (χ0n) is 15.2. The van der Waals surface area contributed by atoms with Crippen LogP contribution < -0.4 is 5.32 Å². The van der Waals surface area contributed by atoms with E-state index in [1.165, 1.54) is 5.56 Å². The molecule has 2 aromatic rings. The standard InChI is InChI=1S/C21H24N2O2S/c1-15-6-5-7-18(21(25)23-12-3-4-13-23)19(15)22-20(24)17-10-8-16(9-11-17)14-26-2/h5-11H,3-4,12-14H2,1-2H3,(H,22,24). The maximum absolute atomic E-state index is 12.8. The molecule has 0 unspecified atom stereocenters. The van der Waals surface area contributed by atoms with Crippen molar-refractivity contribution in [1.82, 2.24) is 4.90 Å². The molecule has 2 aromatic carbocycles. The Morgan fingerprint density at radius 3 is 2.42 bits per heavy atom. The van der Waals surface area contributed by atoms with Crippen LogP contribution in [0.4, 0.5) is 5.69 Å². The van der Waals surface area contributed by atoms with Gasteiger partial charge in [-0.05, 0) is 55.3 Å². The van der Waals surface area contributed by atoms with Crippen molar-refractivity contribution in [2.24, 2.45) is 0 Å². The Morgan fingerprint density at radius 2 is 1.77 bits per heavy atom. The van der Waals surface area contributed by atoms with Crippen molar-refractivity contribution in [2.75, 3.05) is 24.7 Å². The fourth-order valence-electron chi connectivity index (χ4n) is 3.21. The number of nitrogens with zero attached hydrogens (tertiary/aromatic N) is 1. The van der Waals surface area contributed by atoms with E-state index in [-0.39, 0.29) is 11.8 Å². The molecular weight excluding hydrogens is 344 g/mol. The monoisotopic (exact) mass is 368 g/mol. The quantitative estimate of drug-likeness (QED) is 0.854. The van der Waals surface area contributed by atoms with Gasteiger partial charge in [0.15, 0.2) is 0 Å². The Kier molecular flexibility index (Phi) is 5.99. The molecule has 2 amide bonds. The predicted molar refractivity (Wildman–Crippen MR) is 108 cm³/mol. The number of hydrogen-bond acceptors (Lipinski definition) is 3. The summed E-state index contributed by atoms with van der Waals surface area (Å²) in [6.07, 6.45) is 4.14. The minimum Gasteiger partial charge on any atom is -0.339 e. The number of anilines is 1. The minimum absolute atomic E-state index is 0.00295. The molecule has 1 saturated heterocycles. The van der Waals surface area contributed by atoms with E-state index in [9.17, 15) is 9.59 Å². The van der Waals surface area contributed by atoms with Crippen molar-refractivity contribution in [3.63, 3.8) is 0 Å². The largest absolute Gasteiger partial charge is 0.339 e. The number of nitrogens with one attached hydrogen (secondary N) is 1. The number of hydrogen-bond donors (Lipinski definition) is 1. The van der Waals surface area contributed by atoms with Gasteiger partial charge in [0.1, 0.15) is 0 Å². The second kappa shape index (κ2) is 8.41. The molecule has 0 radical (unpaired) electrons. The molecule has 0 spiro atoms. The van der Waals surface area contributed by atoms with E-state index < -0.39 is 0 Å². The van der Waals surface area contributed by atoms with Crippen LogP contribution in [0, 0.1) is 6.92 Å². The molecule has 0 aliphatic carbocycles. The maximum Gasteiger partial charge on any atom is 0.255 e. The number of aryl methyl sites for hydroxylation is 1. The molecule has 1 fully saturated rings. The van der Waals surface area contributed by atoms with E-state index in [4.69, 9.17) is 0 Å². The van der Waals surface area contributed by atoms with Crippen molar-refractivity contribution < 1.29 is 9.59 Å². The zero-order valence-corrected chi connectivity index (χ0v) is 16.1. The molecule has 4 nitrogen and oxygen atoms in total. The van der Waals surface area contributed by atoms with Crippen molar-refractivity contribution in [3.8, 4) is 0 Å². The fraction of sp³-hybridized carbons (Fsp3) is 0.333. The van der Waals surface area contributed by atoms with Gasteiger partial charge in [-0.3, -0.25) is 9.59 Å². The minimum atomic E-state index is -0.189. The maximum atomic E-state index is 12.8. The van der Waals surface area contributed by atoms with Gasteiger partial charge in [-0.15, -0.1) is 0 Å². The molecule has 5 heteroatoms. The average Bonchev–Trinajstić information content (AvgIpc) is 3.18. The zero-order chi connectivity index (χ0) is 18.5. The Morgan fingerprint density at radius 1 is 1.08 bits per heavy atom. The predicted octanol–water partition coefficient (Wildman–Crippen LogP) is 4.35. The van der Waals surface area contributed by atoms with E-state index in [0.29, 0.717) is 16.8 Å². The summed E-state index contributed by atoms with van der Waals surface area (Å²) in [6, 6.07) is 13.2. The molecule has 0 aromatic heterocycles. The molecule has 136 valence electrons. The third kappa shape index (κ3) is 4.10. The van der Waals surface area contributed by atoms with Crippen LogP contribution in [0.2, 0.25) is 0 Å². The number of rotatable bonds is 5. The normalized spacial score (nSPS) is 13.7. The summed E-state index contributed by atoms with van der Waals surface area (Å²) in [5, 5.41) is 2.96. The first-order chi connectivity index (χ1) is 12.6.